The molecule has 0 aromatic rings. The van der Waals surface area contributed by atoms with Crippen LogP contribution in [0.5, 0.6) is 0 Å². The Kier molecular flexibility index (Phi) is 3.71. The van der Waals surface area contributed by atoms with Crippen LogP contribution in [0.1, 0.15) is 27.2 Å². The molecule has 1 aliphatic rings. The summed E-state index contributed by atoms with van der Waals surface area (Å²) in [5, 5.41) is 9.32. The van der Waals surface area contributed by atoms with Crippen LogP contribution in [-0.4, -0.2) is 36.6 Å². The van der Waals surface area contributed by atoms with Crippen LogP contribution in [0.3, 0.4) is 0 Å². The van der Waals surface area contributed by atoms with Gasteiger partial charge in [-0.2, -0.15) is 0 Å². The Bertz CT molecular complexity index is 158. The molecular weight excluding hydrogens is 168 g/mol. The summed E-state index contributed by atoms with van der Waals surface area (Å²) >= 11 is 0. The second-order valence-electron chi connectivity index (χ2n) is 4.13. The maximum absolute atomic E-state index is 9.32. The molecule has 4 atom stereocenters. The van der Waals surface area contributed by atoms with Gasteiger partial charge in [-0.05, 0) is 12.8 Å². The molecule has 13 heavy (non-hydrogen) atoms. The zero-order chi connectivity index (χ0) is 10.0. The Hall–Kier alpha value is -0.120. The van der Waals surface area contributed by atoms with Gasteiger partial charge < -0.3 is 14.6 Å². The minimum atomic E-state index is -0.339. The van der Waals surface area contributed by atoms with Crippen molar-refractivity contribution in [2.45, 2.75) is 51.6 Å². The molecule has 0 bridgehead atoms. The second kappa shape index (κ2) is 4.40. The highest BCUT2D eigenvalue weighted by Gasteiger charge is 2.42. The molecule has 1 aliphatic carbocycles. The van der Waals surface area contributed by atoms with Crippen LogP contribution in [0.4, 0.5) is 0 Å². The molecule has 0 spiro atoms. The third kappa shape index (κ3) is 2.42. The number of ether oxygens (including phenoxy) is 2. The van der Waals surface area contributed by atoms with E-state index in [9.17, 15) is 5.11 Å². The minimum Gasteiger partial charge on any atom is -0.390 e. The van der Waals surface area contributed by atoms with Gasteiger partial charge in [0.05, 0.1) is 18.3 Å². The van der Waals surface area contributed by atoms with E-state index in [4.69, 9.17) is 9.47 Å². The van der Waals surface area contributed by atoms with Crippen molar-refractivity contribution in [1.82, 2.24) is 0 Å². The first kappa shape index (κ1) is 11.0. The largest absolute Gasteiger partial charge is 0.390 e. The van der Waals surface area contributed by atoms with Crippen LogP contribution in [0, 0.1) is 5.92 Å². The number of aliphatic hydroxyl groups excluding tert-OH is 1. The molecule has 78 valence electrons. The highest BCUT2D eigenvalue weighted by Crippen LogP contribution is 2.28. The fourth-order valence-corrected chi connectivity index (χ4v) is 1.43. The molecule has 0 aromatic heterocycles. The van der Waals surface area contributed by atoms with Crippen molar-refractivity contribution < 1.29 is 14.6 Å². The average molecular weight is 188 g/mol. The summed E-state index contributed by atoms with van der Waals surface area (Å²) in [6, 6.07) is 0. The molecule has 1 N–H and O–H groups in total. The normalized spacial score (nSPS) is 36.0. The molecule has 0 saturated heterocycles. The first-order chi connectivity index (χ1) is 6.06. The fourth-order valence-electron chi connectivity index (χ4n) is 1.43. The van der Waals surface area contributed by atoms with Crippen LogP contribution >= 0.6 is 0 Å². The van der Waals surface area contributed by atoms with Gasteiger partial charge in [-0.1, -0.05) is 13.8 Å². The Morgan fingerprint density at radius 2 is 1.92 bits per heavy atom. The lowest BCUT2D eigenvalue weighted by atomic mass is 9.87. The molecule has 1 fully saturated rings. The number of hydrogen-bond donors (Lipinski definition) is 1. The first-order valence-corrected chi connectivity index (χ1v) is 4.92. The van der Waals surface area contributed by atoms with E-state index in [1.54, 1.807) is 7.11 Å². The van der Waals surface area contributed by atoms with E-state index in [1.165, 1.54) is 0 Å². The van der Waals surface area contributed by atoms with Gasteiger partial charge >= 0.3 is 0 Å². The summed E-state index contributed by atoms with van der Waals surface area (Å²) < 4.78 is 10.9. The Morgan fingerprint density at radius 3 is 2.31 bits per heavy atom. The minimum absolute atomic E-state index is 0.0809. The molecule has 0 radical (unpaired) electrons. The van der Waals surface area contributed by atoms with Crippen molar-refractivity contribution in [3.05, 3.63) is 0 Å². The second-order valence-corrected chi connectivity index (χ2v) is 4.13. The number of rotatable bonds is 4. The van der Waals surface area contributed by atoms with E-state index < -0.39 is 0 Å². The summed E-state index contributed by atoms with van der Waals surface area (Å²) in [5.41, 5.74) is 0. The summed E-state index contributed by atoms with van der Waals surface area (Å²) in [6.45, 7) is 6.31. The standard InChI is InChI=1S/C10H20O3/c1-6(2)7(3)13-9-5-8(11)10(9)12-4/h6-11H,5H2,1-4H3. The van der Waals surface area contributed by atoms with Crippen LogP contribution in [0.15, 0.2) is 0 Å². The number of aliphatic hydroxyl groups is 1. The molecule has 3 nitrogen and oxygen atoms in total. The third-order valence-corrected chi connectivity index (χ3v) is 2.82. The van der Waals surface area contributed by atoms with Gasteiger partial charge in [0.2, 0.25) is 0 Å². The van der Waals surface area contributed by atoms with Crippen molar-refractivity contribution in [3.63, 3.8) is 0 Å². The lowest BCUT2D eigenvalue weighted by molar-refractivity contribution is -0.200. The smallest absolute Gasteiger partial charge is 0.109 e. The Morgan fingerprint density at radius 1 is 1.31 bits per heavy atom. The molecule has 0 heterocycles. The predicted molar refractivity (Wildman–Crippen MR) is 50.6 cm³/mol. The zero-order valence-corrected chi connectivity index (χ0v) is 8.86. The highest BCUT2D eigenvalue weighted by molar-refractivity contribution is 4.92. The van der Waals surface area contributed by atoms with Crippen LogP contribution < -0.4 is 0 Å². The molecule has 1 saturated carbocycles. The van der Waals surface area contributed by atoms with E-state index in [-0.39, 0.29) is 24.4 Å². The van der Waals surface area contributed by atoms with Gasteiger partial charge in [0.25, 0.3) is 0 Å². The Labute approximate surface area is 80.0 Å². The fraction of sp³-hybridized carbons (Fsp3) is 1.00. The third-order valence-electron chi connectivity index (χ3n) is 2.82. The van der Waals surface area contributed by atoms with E-state index in [0.717, 1.165) is 0 Å². The van der Waals surface area contributed by atoms with Crippen molar-refractivity contribution in [2.24, 2.45) is 5.92 Å². The van der Waals surface area contributed by atoms with E-state index in [0.29, 0.717) is 12.3 Å². The molecule has 1 rings (SSSR count). The quantitative estimate of drug-likeness (QED) is 0.720. The van der Waals surface area contributed by atoms with E-state index in [1.807, 2.05) is 0 Å². The van der Waals surface area contributed by atoms with Gasteiger partial charge in [0.15, 0.2) is 0 Å². The summed E-state index contributed by atoms with van der Waals surface area (Å²) in [4.78, 5) is 0. The van der Waals surface area contributed by atoms with Crippen LogP contribution in [-0.2, 0) is 9.47 Å². The monoisotopic (exact) mass is 188 g/mol. The van der Waals surface area contributed by atoms with Crippen molar-refractivity contribution in [1.29, 1.82) is 0 Å². The highest BCUT2D eigenvalue weighted by atomic mass is 16.6. The maximum atomic E-state index is 9.32. The lowest BCUT2D eigenvalue weighted by Crippen LogP contribution is -2.54. The van der Waals surface area contributed by atoms with Crippen LogP contribution in [0.25, 0.3) is 0 Å². The number of hydrogen-bond acceptors (Lipinski definition) is 3. The zero-order valence-electron chi connectivity index (χ0n) is 8.86. The number of methoxy groups -OCH3 is 1. The first-order valence-electron chi connectivity index (χ1n) is 4.92. The molecule has 3 heteroatoms. The summed E-state index contributed by atoms with van der Waals surface area (Å²) in [7, 11) is 1.61. The topological polar surface area (TPSA) is 38.7 Å². The van der Waals surface area contributed by atoms with Gasteiger partial charge in [-0.25, -0.2) is 0 Å². The van der Waals surface area contributed by atoms with Crippen molar-refractivity contribution in [2.75, 3.05) is 7.11 Å². The van der Waals surface area contributed by atoms with Gasteiger partial charge in [0, 0.05) is 13.5 Å². The van der Waals surface area contributed by atoms with Gasteiger partial charge in [-0.3, -0.25) is 0 Å². The van der Waals surface area contributed by atoms with E-state index >= 15 is 0 Å². The molecule has 4 unspecified atom stereocenters. The SMILES string of the molecule is COC1C(O)CC1OC(C)C(C)C. The van der Waals surface area contributed by atoms with Crippen molar-refractivity contribution in [3.8, 4) is 0 Å². The molecule has 0 aliphatic heterocycles. The van der Waals surface area contributed by atoms with Crippen molar-refractivity contribution >= 4 is 0 Å². The van der Waals surface area contributed by atoms with E-state index in [2.05, 4.69) is 20.8 Å². The molecule has 0 amide bonds. The summed E-state index contributed by atoms with van der Waals surface area (Å²) in [6.07, 6.45) is 0.554. The molecular formula is C10H20O3. The summed E-state index contributed by atoms with van der Waals surface area (Å²) in [5.74, 6) is 0.509. The molecule has 0 aromatic carbocycles. The maximum Gasteiger partial charge on any atom is 0.109 e. The lowest BCUT2D eigenvalue weighted by Gasteiger charge is -2.41. The van der Waals surface area contributed by atoms with Crippen LogP contribution in [0.2, 0.25) is 0 Å². The van der Waals surface area contributed by atoms with Gasteiger partial charge in [-0.15, -0.1) is 0 Å². The average Bonchev–Trinajstić information content (AvgIpc) is 2.03. The van der Waals surface area contributed by atoms with Gasteiger partial charge in [0.1, 0.15) is 6.10 Å². The predicted octanol–water partition coefficient (Wildman–Crippen LogP) is 1.20. The Balaban J connectivity index is 2.30.